The third kappa shape index (κ3) is 3.40. The van der Waals surface area contributed by atoms with Crippen molar-refractivity contribution in [1.82, 2.24) is 9.62 Å². The van der Waals surface area contributed by atoms with Gasteiger partial charge in [0.1, 0.15) is 4.90 Å². The maximum absolute atomic E-state index is 12.3. The number of piperidine rings is 1. The Kier molecular flexibility index (Phi) is 4.52. The number of hydrogen-bond donors (Lipinski definition) is 2. The van der Waals surface area contributed by atoms with Crippen LogP contribution in [-0.4, -0.2) is 50.6 Å². The van der Waals surface area contributed by atoms with E-state index in [1.807, 2.05) is 11.9 Å². The lowest BCUT2D eigenvalue weighted by Gasteiger charge is -2.29. The maximum Gasteiger partial charge on any atom is 0.371 e. The van der Waals surface area contributed by atoms with Gasteiger partial charge in [-0.25, -0.2) is 17.9 Å². The summed E-state index contributed by atoms with van der Waals surface area (Å²) in [5.41, 5.74) is 0. The number of aromatic carboxylic acids is 1. The molecule has 0 saturated carbocycles. The molecule has 20 heavy (non-hydrogen) atoms. The van der Waals surface area contributed by atoms with E-state index in [9.17, 15) is 13.2 Å². The Morgan fingerprint density at radius 3 is 2.85 bits per heavy atom. The van der Waals surface area contributed by atoms with Gasteiger partial charge in [-0.05, 0) is 42.4 Å². The molecular weight excluding hydrogens is 352 g/mol. The van der Waals surface area contributed by atoms with Gasteiger partial charge in [0.25, 0.3) is 0 Å². The highest BCUT2D eigenvalue weighted by molar-refractivity contribution is 9.10. The van der Waals surface area contributed by atoms with Gasteiger partial charge in [0.05, 0.1) is 0 Å². The predicted octanol–water partition coefficient (Wildman–Crippen LogP) is 1.11. The van der Waals surface area contributed by atoms with Crippen LogP contribution in [0, 0.1) is 0 Å². The SMILES string of the molecule is CN1CCCC(NS(=O)(=O)c2cc(C(=O)O)oc2Br)C1. The molecule has 1 unspecified atom stereocenters. The molecule has 2 heterocycles. The molecule has 9 heteroatoms. The fourth-order valence-electron chi connectivity index (χ4n) is 2.19. The second kappa shape index (κ2) is 5.84. The van der Waals surface area contributed by atoms with E-state index in [1.54, 1.807) is 0 Å². The molecular formula is C11H15BrN2O5S. The number of carboxylic acids is 1. The van der Waals surface area contributed by atoms with Gasteiger partial charge in [-0.15, -0.1) is 0 Å². The van der Waals surface area contributed by atoms with Crippen LogP contribution in [0.4, 0.5) is 0 Å². The number of sulfonamides is 1. The Labute approximate surface area is 125 Å². The summed E-state index contributed by atoms with van der Waals surface area (Å²) in [7, 11) is -1.88. The molecule has 0 aromatic carbocycles. The number of furan rings is 1. The van der Waals surface area contributed by atoms with E-state index >= 15 is 0 Å². The summed E-state index contributed by atoms with van der Waals surface area (Å²) >= 11 is 2.94. The summed E-state index contributed by atoms with van der Waals surface area (Å²) in [6.07, 6.45) is 1.67. The Bertz CT molecular complexity index is 612. The van der Waals surface area contributed by atoms with Crippen LogP contribution in [0.15, 0.2) is 20.0 Å². The fraction of sp³-hybridized carbons (Fsp3) is 0.545. The van der Waals surface area contributed by atoms with E-state index in [2.05, 4.69) is 20.7 Å². The van der Waals surface area contributed by atoms with E-state index in [0.717, 1.165) is 25.5 Å². The van der Waals surface area contributed by atoms with Crippen LogP contribution in [0.1, 0.15) is 23.4 Å². The van der Waals surface area contributed by atoms with Gasteiger partial charge in [-0.2, -0.15) is 0 Å². The number of carbonyl (C=O) groups is 1. The molecule has 0 amide bonds. The van der Waals surface area contributed by atoms with Gasteiger partial charge in [-0.3, -0.25) is 0 Å². The standard InChI is InChI=1S/C11H15BrN2O5S/c1-14-4-2-3-7(6-14)13-20(17,18)9-5-8(11(15)16)19-10(9)12/h5,7,13H,2-4,6H2,1H3,(H,15,16). The largest absolute Gasteiger partial charge is 0.475 e. The van der Waals surface area contributed by atoms with Gasteiger partial charge in [0.2, 0.25) is 15.8 Å². The predicted molar refractivity (Wildman–Crippen MR) is 74.2 cm³/mol. The highest BCUT2D eigenvalue weighted by Gasteiger charge is 2.28. The minimum absolute atomic E-state index is 0.105. The third-order valence-corrected chi connectivity index (χ3v) is 5.48. The second-order valence-electron chi connectivity index (χ2n) is 4.78. The first kappa shape index (κ1) is 15.5. The number of likely N-dealkylation sites (N-methyl/N-ethyl adjacent to an activating group) is 1. The lowest BCUT2D eigenvalue weighted by molar-refractivity contribution is 0.0661. The molecule has 1 aromatic rings. The van der Waals surface area contributed by atoms with Crippen molar-refractivity contribution in [2.45, 2.75) is 23.8 Å². The number of nitrogens with one attached hydrogen (secondary N) is 1. The van der Waals surface area contributed by atoms with Crippen molar-refractivity contribution in [3.05, 3.63) is 16.5 Å². The molecule has 0 aliphatic carbocycles. The molecule has 1 aliphatic heterocycles. The molecule has 2 rings (SSSR count). The minimum Gasteiger partial charge on any atom is -0.475 e. The highest BCUT2D eigenvalue weighted by Crippen LogP contribution is 2.26. The van der Waals surface area contributed by atoms with Crippen molar-refractivity contribution in [2.24, 2.45) is 0 Å². The van der Waals surface area contributed by atoms with E-state index in [-0.39, 0.29) is 15.6 Å². The minimum atomic E-state index is -3.81. The van der Waals surface area contributed by atoms with Crippen LogP contribution in [-0.2, 0) is 10.0 Å². The Morgan fingerprint density at radius 1 is 1.60 bits per heavy atom. The van der Waals surface area contributed by atoms with Crippen LogP contribution < -0.4 is 4.72 Å². The fourth-order valence-corrected chi connectivity index (χ4v) is 4.39. The summed E-state index contributed by atoms with van der Waals surface area (Å²) in [4.78, 5) is 12.6. The van der Waals surface area contributed by atoms with Crippen LogP contribution in [0.25, 0.3) is 0 Å². The summed E-state index contributed by atoms with van der Waals surface area (Å²) in [5, 5.41) is 8.81. The van der Waals surface area contributed by atoms with Crippen molar-refractivity contribution in [3.8, 4) is 0 Å². The van der Waals surface area contributed by atoms with Gasteiger partial charge in [0, 0.05) is 18.7 Å². The smallest absolute Gasteiger partial charge is 0.371 e. The normalized spacial score (nSPS) is 21.0. The lowest BCUT2D eigenvalue weighted by Crippen LogP contribution is -2.46. The number of carboxylic acid groups (broad SMARTS) is 1. The first-order valence-corrected chi connectivity index (χ1v) is 8.30. The molecule has 1 atom stereocenters. The van der Waals surface area contributed by atoms with Crippen molar-refractivity contribution in [3.63, 3.8) is 0 Å². The molecule has 0 radical (unpaired) electrons. The third-order valence-electron chi connectivity index (χ3n) is 3.10. The van der Waals surface area contributed by atoms with Crippen LogP contribution in [0.3, 0.4) is 0 Å². The van der Waals surface area contributed by atoms with Gasteiger partial charge >= 0.3 is 5.97 Å². The molecule has 1 aromatic heterocycles. The number of rotatable bonds is 4. The monoisotopic (exact) mass is 366 g/mol. The van der Waals surface area contributed by atoms with Crippen LogP contribution >= 0.6 is 15.9 Å². The van der Waals surface area contributed by atoms with Crippen LogP contribution in [0.2, 0.25) is 0 Å². The van der Waals surface area contributed by atoms with Gasteiger partial charge < -0.3 is 14.4 Å². The van der Waals surface area contributed by atoms with Crippen molar-refractivity contribution in [1.29, 1.82) is 0 Å². The zero-order valence-corrected chi connectivity index (χ0v) is 13.2. The average Bonchev–Trinajstić information content (AvgIpc) is 2.71. The number of likely N-dealkylation sites (tertiary alicyclic amines) is 1. The topological polar surface area (TPSA) is 99.9 Å². The molecule has 1 fully saturated rings. The maximum atomic E-state index is 12.3. The molecule has 1 saturated heterocycles. The summed E-state index contributed by atoms with van der Waals surface area (Å²) in [6, 6.07) is 0.815. The first-order chi connectivity index (χ1) is 9.29. The molecule has 0 bridgehead atoms. The molecule has 0 spiro atoms. The molecule has 7 nitrogen and oxygen atoms in total. The number of halogens is 1. The Balaban J connectivity index is 2.19. The summed E-state index contributed by atoms with van der Waals surface area (Å²) in [6.45, 7) is 1.57. The van der Waals surface area contributed by atoms with E-state index < -0.39 is 21.8 Å². The quantitative estimate of drug-likeness (QED) is 0.827. The molecule has 2 N–H and O–H groups in total. The Morgan fingerprint density at radius 2 is 2.30 bits per heavy atom. The summed E-state index contributed by atoms with van der Waals surface area (Å²) in [5.74, 6) is -1.73. The number of nitrogens with zero attached hydrogens (tertiary/aromatic N) is 1. The number of hydrogen-bond acceptors (Lipinski definition) is 5. The van der Waals surface area contributed by atoms with Crippen molar-refractivity contribution in [2.75, 3.05) is 20.1 Å². The average molecular weight is 367 g/mol. The second-order valence-corrected chi connectivity index (χ2v) is 7.18. The van der Waals surface area contributed by atoms with E-state index in [4.69, 9.17) is 9.52 Å². The zero-order chi connectivity index (χ0) is 14.9. The van der Waals surface area contributed by atoms with Crippen molar-refractivity contribution < 1.29 is 22.7 Å². The molecule has 112 valence electrons. The Hall–Kier alpha value is -0.900. The highest BCUT2D eigenvalue weighted by atomic mass is 79.9. The van der Waals surface area contributed by atoms with Gasteiger partial charge in [-0.1, -0.05) is 0 Å². The molecule has 1 aliphatic rings. The summed E-state index contributed by atoms with van der Waals surface area (Å²) < 4.78 is 31.8. The van der Waals surface area contributed by atoms with Crippen molar-refractivity contribution >= 4 is 31.9 Å². The van der Waals surface area contributed by atoms with E-state index in [0.29, 0.717) is 6.54 Å². The zero-order valence-electron chi connectivity index (χ0n) is 10.8. The van der Waals surface area contributed by atoms with Gasteiger partial charge in [0.15, 0.2) is 4.67 Å². The lowest BCUT2D eigenvalue weighted by atomic mass is 10.1. The van der Waals surface area contributed by atoms with E-state index in [1.165, 1.54) is 0 Å². The van der Waals surface area contributed by atoms with Crippen LogP contribution in [0.5, 0.6) is 0 Å². The first-order valence-electron chi connectivity index (χ1n) is 6.03.